The first-order valence-corrected chi connectivity index (χ1v) is 12.0. The second-order valence-electron chi connectivity index (χ2n) is 10.1. The molecule has 3 heterocycles. The summed E-state index contributed by atoms with van der Waals surface area (Å²) in [6, 6.07) is 10.3. The molecule has 1 aromatic carbocycles. The lowest BCUT2D eigenvalue weighted by Gasteiger charge is -2.51. The highest BCUT2D eigenvalue weighted by molar-refractivity contribution is 6.33. The van der Waals surface area contributed by atoms with Crippen molar-refractivity contribution in [3.63, 3.8) is 0 Å². The Kier molecular flexibility index (Phi) is 4.75. The van der Waals surface area contributed by atoms with Gasteiger partial charge in [0, 0.05) is 5.56 Å². The van der Waals surface area contributed by atoms with Crippen molar-refractivity contribution in [1.29, 1.82) is 0 Å². The van der Waals surface area contributed by atoms with Crippen LogP contribution in [0.2, 0.25) is 5.02 Å². The van der Waals surface area contributed by atoms with E-state index in [4.69, 9.17) is 21.3 Å². The van der Waals surface area contributed by atoms with E-state index in [0.717, 1.165) is 48.7 Å². The zero-order chi connectivity index (χ0) is 21.9. The summed E-state index contributed by atoms with van der Waals surface area (Å²) in [7, 11) is 2.20. The zero-order valence-electron chi connectivity index (χ0n) is 18.4. The predicted octanol–water partition coefficient (Wildman–Crippen LogP) is 4.90. The number of halogens is 1. The van der Waals surface area contributed by atoms with Gasteiger partial charge in [0.15, 0.2) is 5.65 Å². The van der Waals surface area contributed by atoms with E-state index in [0.29, 0.717) is 27.8 Å². The van der Waals surface area contributed by atoms with Crippen molar-refractivity contribution in [3.8, 4) is 17.3 Å². The summed E-state index contributed by atoms with van der Waals surface area (Å²) in [6.45, 7) is 2.37. The van der Waals surface area contributed by atoms with Crippen LogP contribution in [0.1, 0.15) is 50.5 Å². The summed E-state index contributed by atoms with van der Waals surface area (Å²) in [4.78, 5) is 14.9. The summed E-state index contributed by atoms with van der Waals surface area (Å²) < 4.78 is 6.16. The Morgan fingerprint density at radius 3 is 2.47 bits per heavy atom. The Morgan fingerprint density at radius 1 is 1.09 bits per heavy atom. The van der Waals surface area contributed by atoms with Gasteiger partial charge < -0.3 is 19.7 Å². The maximum absolute atomic E-state index is 10.6. The van der Waals surface area contributed by atoms with E-state index in [-0.39, 0.29) is 6.10 Å². The smallest absolute Gasteiger partial charge is 0.296 e. The average Bonchev–Trinajstić information content (AvgIpc) is 3.13. The molecule has 2 saturated carbocycles. The number of hydrogen-bond acceptors (Lipinski definition) is 5. The number of ether oxygens (including phenoxy) is 1. The molecule has 7 heteroatoms. The number of aromatic amines is 1. The summed E-state index contributed by atoms with van der Waals surface area (Å²) in [5, 5.41) is 11.1. The number of rotatable bonds is 4. The first-order valence-electron chi connectivity index (χ1n) is 11.7. The third kappa shape index (κ3) is 3.49. The Labute approximate surface area is 193 Å². The number of pyridine rings is 1. The molecule has 2 aliphatic carbocycles. The average molecular weight is 453 g/mol. The second-order valence-corrected chi connectivity index (χ2v) is 10.6. The molecule has 2 N–H and O–H groups in total. The number of benzene rings is 1. The van der Waals surface area contributed by atoms with Crippen LogP contribution in [0.25, 0.3) is 22.4 Å². The number of hydrogen-bond donors (Lipinski definition) is 2. The Morgan fingerprint density at radius 2 is 1.81 bits per heavy atom. The van der Waals surface area contributed by atoms with Gasteiger partial charge in [0.05, 0.1) is 21.8 Å². The van der Waals surface area contributed by atoms with Crippen molar-refractivity contribution < 1.29 is 9.84 Å². The van der Waals surface area contributed by atoms with Crippen LogP contribution in [0, 0.1) is 5.41 Å². The van der Waals surface area contributed by atoms with Crippen LogP contribution in [0.15, 0.2) is 30.3 Å². The van der Waals surface area contributed by atoms with Crippen molar-refractivity contribution >= 4 is 22.8 Å². The number of aromatic nitrogens is 3. The van der Waals surface area contributed by atoms with Crippen LogP contribution >= 0.6 is 11.6 Å². The van der Waals surface area contributed by atoms with E-state index in [1.54, 1.807) is 0 Å². The maximum atomic E-state index is 10.6. The first kappa shape index (κ1) is 20.5. The lowest BCUT2D eigenvalue weighted by Crippen LogP contribution is -2.50. The Bertz CT molecular complexity index is 1140. The molecule has 1 spiro atoms. The largest absolute Gasteiger partial charge is 0.461 e. The molecule has 3 aliphatic rings. The minimum absolute atomic E-state index is 0.221. The zero-order valence-corrected chi connectivity index (χ0v) is 19.2. The SMILES string of the molecule is CN1CCC2(CC1)CC(Oc1nc3nc(-c4ccc(C5(O)CCC5)cc4)c(Cl)cc3[nH]1)C2. The topological polar surface area (TPSA) is 74.3 Å². The molecule has 3 fully saturated rings. The molecule has 168 valence electrons. The lowest BCUT2D eigenvalue weighted by molar-refractivity contribution is -0.0547. The monoisotopic (exact) mass is 452 g/mol. The number of H-pyrrole nitrogens is 1. The van der Waals surface area contributed by atoms with Crippen molar-refractivity contribution in [3.05, 3.63) is 40.9 Å². The van der Waals surface area contributed by atoms with E-state index < -0.39 is 5.60 Å². The highest BCUT2D eigenvalue weighted by Gasteiger charge is 2.47. The summed E-state index contributed by atoms with van der Waals surface area (Å²) in [6.07, 6.45) is 7.69. The predicted molar refractivity (Wildman–Crippen MR) is 125 cm³/mol. The van der Waals surface area contributed by atoms with E-state index in [1.807, 2.05) is 30.3 Å². The number of likely N-dealkylation sites (tertiary alicyclic amines) is 1. The standard InChI is InChI=1S/C25H29ClN4O2/c1-30-11-9-24(10-12-30)14-18(15-24)32-23-27-20-13-19(26)21(28-22(20)29-23)16-3-5-17(6-4-16)25(31)7-2-8-25/h3-6,13,18,31H,2,7-12,14-15H2,1H3,(H,27,28,29). The summed E-state index contributed by atoms with van der Waals surface area (Å²) >= 11 is 6.56. The molecule has 0 amide bonds. The van der Waals surface area contributed by atoms with Crippen LogP contribution in [-0.2, 0) is 5.60 Å². The van der Waals surface area contributed by atoms with E-state index in [9.17, 15) is 5.11 Å². The molecule has 0 radical (unpaired) electrons. The van der Waals surface area contributed by atoms with Crippen LogP contribution in [0.3, 0.4) is 0 Å². The van der Waals surface area contributed by atoms with Gasteiger partial charge in [0.25, 0.3) is 6.01 Å². The summed E-state index contributed by atoms with van der Waals surface area (Å²) in [5.41, 5.74) is 3.76. The van der Waals surface area contributed by atoms with Gasteiger partial charge >= 0.3 is 0 Å². The van der Waals surface area contributed by atoms with Gasteiger partial charge in [0.1, 0.15) is 6.10 Å². The number of piperidine rings is 1. The fourth-order valence-electron chi connectivity index (χ4n) is 5.54. The normalized spacial score (nSPS) is 22.6. The summed E-state index contributed by atoms with van der Waals surface area (Å²) in [5.74, 6) is 0. The highest BCUT2D eigenvalue weighted by Crippen LogP contribution is 2.50. The highest BCUT2D eigenvalue weighted by atomic mass is 35.5. The van der Waals surface area contributed by atoms with E-state index in [1.165, 1.54) is 25.9 Å². The van der Waals surface area contributed by atoms with Crippen molar-refractivity contribution in [2.24, 2.45) is 5.41 Å². The Balaban J connectivity index is 1.18. The van der Waals surface area contributed by atoms with Crippen molar-refractivity contribution in [1.82, 2.24) is 19.9 Å². The van der Waals surface area contributed by atoms with Gasteiger partial charge in [0.2, 0.25) is 0 Å². The van der Waals surface area contributed by atoms with Crippen LogP contribution in [-0.4, -0.2) is 51.2 Å². The van der Waals surface area contributed by atoms with Gasteiger partial charge in [-0.25, -0.2) is 4.98 Å². The molecule has 0 atom stereocenters. The molecule has 6 rings (SSSR count). The molecule has 0 bridgehead atoms. The van der Waals surface area contributed by atoms with Gasteiger partial charge in [-0.15, -0.1) is 0 Å². The number of imidazole rings is 1. The first-order chi connectivity index (χ1) is 15.4. The van der Waals surface area contributed by atoms with Crippen molar-refractivity contribution in [2.75, 3.05) is 20.1 Å². The molecule has 0 unspecified atom stereocenters. The third-order valence-electron chi connectivity index (χ3n) is 7.93. The quantitative estimate of drug-likeness (QED) is 0.588. The molecule has 1 saturated heterocycles. The van der Waals surface area contributed by atoms with Gasteiger partial charge in [-0.3, -0.25) is 0 Å². The van der Waals surface area contributed by atoms with Crippen LogP contribution in [0.5, 0.6) is 6.01 Å². The van der Waals surface area contributed by atoms with Gasteiger partial charge in [-0.2, -0.15) is 4.98 Å². The van der Waals surface area contributed by atoms with E-state index in [2.05, 4.69) is 21.9 Å². The minimum atomic E-state index is -0.665. The fourth-order valence-corrected chi connectivity index (χ4v) is 5.80. The minimum Gasteiger partial charge on any atom is -0.461 e. The fraction of sp³-hybridized carbons (Fsp3) is 0.520. The Hall–Kier alpha value is -2.15. The molecule has 2 aromatic heterocycles. The third-order valence-corrected chi connectivity index (χ3v) is 8.22. The molecule has 3 aromatic rings. The lowest BCUT2D eigenvalue weighted by atomic mass is 9.61. The van der Waals surface area contributed by atoms with Crippen LogP contribution in [0.4, 0.5) is 0 Å². The van der Waals surface area contributed by atoms with Crippen molar-refractivity contribution in [2.45, 2.75) is 56.7 Å². The molecular weight excluding hydrogens is 424 g/mol. The van der Waals surface area contributed by atoms with Crippen LogP contribution < -0.4 is 4.74 Å². The van der Waals surface area contributed by atoms with E-state index >= 15 is 0 Å². The van der Waals surface area contributed by atoms with Gasteiger partial charge in [-0.1, -0.05) is 35.9 Å². The maximum Gasteiger partial charge on any atom is 0.296 e. The molecule has 6 nitrogen and oxygen atoms in total. The molecule has 32 heavy (non-hydrogen) atoms. The van der Waals surface area contributed by atoms with Gasteiger partial charge in [-0.05, 0) is 82.1 Å². The molecular formula is C25H29ClN4O2. The number of fused-ring (bicyclic) bond motifs is 1. The molecule has 1 aliphatic heterocycles. The number of nitrogens with one attached hydrogen (secondary N) is 1. The number of aliphatic hydroxyl groups is 1. The number of nitrogens with zero attached hydrogens (tertiary/aromatic N) is 3. The second kappa shape index (κ2) is 7.44.